The Morgan fingerprint density at radius 2 is 2.00 bits per heavy atom. The van der Waals surface area contributed by atoms with E-state index in [9.17, 15) is 9.59 Å². The number of nitrogens with one attached hydrogen (secondary N) is 1. The summed E-state index contributed by atoms with van der Waals surface area (Å²) in [7, 11) is 2.04. The number of aromatic carboxylic acids is 1. The molecule has 19 heavy (non-hydrogen) atoms. The first-order valence-corrected chi connectivity index (χ1v) is 6.17. The quantitative estimate of drug-likeness (QED) is 0.765. The van der Waals surface area contributed by atoms with E-state index in [1.807, 2.05) is 12.1 Å². The smallest absolute Gasteiger partial charge is 0.352 e. The Kier molecular flexibility index (Phi) is 4.18. The van der Waals surface area contributed by atoms with E-state index in [1.165, 1.54) is 10.6 Å². The fourth-order valence-electron chi connectivity index (χ4n) is 2.03. The Morgan fingerprint density at radius 1 is 1.32 bits per heavy atom. The van der Waals surface area contributed by atoms with Crippen molar-refractivity contribution in [3.63, 3.8) is 0 Å². The van der Waals surface area contributed by atoms with Crippen molar-refractivity contribution in [2.75, 3.05) is 33.2 Å². The van der Waals surface area contributed by atoms with Crippen LogP contribution >= 0.6 is 0 Å². The molecule has 1 fully saturated rings. The molecule has 1 aliphatic rings. The first-order chi connectivity index (χ1) is 9.06. The van der Waals surface area contributed by atoms with Gasteiger partial charge in [-0.2, -0.15) is 0 Å². The van der Waals surface area contributed by atoms with Crippen molar-refractivity contribution in [1.82, 2.24) is 19.9 Å². The molecule has 0 atom stereocenters. The highest BCUT2D eigenvalue weighted by atomic mass is 16.4. The minimum Gasteiger partial charge on any atom is -0.477 e. The molecule has 0 spiro atoms. The summed E-state index contributed by atoms with van der Waals surface area (Å²) in [6.45, 7) is 3.38. The highest BCUT2D eigenvalue weighted by molar-refractivity contribution is 5.86. The molecule has 7 heteroatoms. The van der Waals surface area contributed by atoms with Gasteiger partial charge in [0.2, 0.25) is 0 Å². The molecule has 2 N–H and O–H groups in total. The van der Waals surface area contributed by atoms with Gasteiger partial charge in [0.1, 0.15) is 12.2 Å². The number of hydrogen-bond acceptors (Lipinski definition) is 4. The van der Waals surface area contributed by atoms with Gasteiger partial charge in [-0.05, 0) is 19.2 Å². The monoisotopic (exact) mass is 266 g/mol. The van der Waals surface area contributed by atoms with E-state index in [0.29, 0.717) is 0 Å². The maximum absolute atomic E-state index is 11.9. The number of likely N-dealkylation sites (N-methyl/N-ethyl adjacent to an activating group) is 1. The van der Waals surface area contributed by atoms with Crippen molar-refractivity contribution >= 4 is 11.9 Å². The predicted octanol–water partition coefficient (Wildman–Crippen LogP) is -0.535. The summed E-state index contributed by atoms with van der Waals surface area (Å²) in [5.74, 6) is -1.24. The molecule has 0 radical (unpaired) electrons. The summed E-state index contributed by atoms with van der Waals surface area (Å²) in [5, 5.41) is 10.8. The number of carboxylic acids is 1. The van der Waals surface area contributed by atoms with Gasteiger partial charge in [-0.15, -0.1) is 0 Å². The highest BCUT2D eigenvalue weighted by Crippen LogP contribution is 2.02. The van der Waals surface area contributed by atoms with E-state index in [4.69, 9.17) is 5.11 Å². The molecule has 0 aromatic carbocycles. The Labute approximate surface area is 111 Å². The number of amides is 1. The standard InChI is InChI=1S/C12H18N4O3/c1-14-5-7-16(8-6-14)13-11(17)9-15-4-2-3-10(15)12(18)19/h2-4H,5-9H2,1H3,(H,13,17)(H,18,19). The third-order valence-corrected chi connectivity index (χ3v) is 3.15. The summed E-state index contributed by atoms with van der Waals surface area (Å²) in [6, 6.07) is 3.10. The van der Waals surface area contributed by atoms with Crippen molar-refractivity contribution < 1.29 is 14.7 Å². The Morgan fingerprint density at radius 3 is 2.63 bits per heavy atom. The number of hydrogen-bond donors (Lipinski definition) is 2. The number of carbonyl (C=O) groups is 2. The normalized spacial score (nSPS) is 17.3. The average Bonchev–Trinajstić information content (AvgIpc) is 2.80. The molecule has 0 bridgehead atoms. The van der Waals surface area contributed by atoms with Gasteiger partial charge < -0.3 is 14.6 Å². The molecule has 0 saturated carbocycles. The van der Waals surface area contributed by atoms with Gasteiger partial charge in [-0.3, -0.25) is 10.2 Å². The zero-order chi connectivity index (χ0) is 13.8. The topological polar surface area (TPSA) is 77.8 Å². The third kappa shape index (κ3) is 3.55. The molecule has 1 amide bonds. The summed E-state index contributed by atoms with van der Waals surface area (Å²) in [6.07, 6.45) is 1.59. The number of piperazine rings is 1. The van der Waals surface area contributed by atoms with Crippen LogP contribution in [0.5, 0.6) is 0 Å². The van der Waals surface area contributed by atoms with Crippen LogP contribution in [0.3, 0.4) is 0 Å². The van der Waals surface area contributed by atoms with Crippen molar-refractivity contribution in [2.24, 2.45) is 0 Å². The Balaban J connectivity index is 1.87. The molecule has 1 aliphatic heterocycles. The predicted molar refractivity (Wildman–Crippen MR) is 68.6 cm³/mol. The van der Waals surface area contributed by atoms with Gasteiger partial charge in [-0.1, -0.05) is 0 Å². The van der Waals surface area contributed by atoms with E-state index < -0.39 is 5.97 Å². The van der Waals surface area contributed by atoms with E-state index in [-0.39, 0.29) is 18.1 Å². The van der Waals surface area contributed by atoms with E-state index in [0.717, 1.165) is 26.2 Å². The van der Waals surface area contributed by atoms with Gasteiger partial charge in [-0.25, -0.2) is 9.80 Å². The maximum Gasteiger partial charge on any atom is 0.352 e. The molecule has 2 rings (SSSR count). The summed E-state index contributed by atoms with van der Waals surface area (Å²) < 4.78 is 1.42. The second-order valence-corrected chi connectivity index (χ2v) is 4.65. The zero-order valence-corrected chi connectivity index (χ0v) is 10.9. The van der Waals surface area contributed by atoms with Crippen molar-refractivity contribution in [2.45, 2.75) is 6.54 Å². The molecule has 1 aromatic rings. The Hall–Kier alpha value is -1.86. The SMILES string of the molecule is CN1CCN(NC(=O)Cn2cccc2C(=O)O)CC1. The number of nitrogens with zero attached hydrogens (tertiary/aromatic N) is 3. The average molecular weight is 266 g/mol. The van der Waals surface area contributed by atoms with Crippen molar-refractivity contribution in [3.05, 3.63) is 24.0 Å². The lowest BCUT2D eigenvalue weighted by molar-refractivity contribution is -0.127. The lowest BCUT2D eigenvalue weighted by atomic mass is 10.4. The minimum atomic E-state index is -1.03. The van der Waals surface area contributed by atoms with Gasteiger partial charge in [0.25, 0.3) is 5.91 Å². The lowest BCUT2D eigenvalue weighted by Crippen LogP contribution is -2.53. The van der Waals surface area contributed by atoms with Crippen LogP contribution in [-0.4, -0.2) is 64.7 Å². The Bertz CT molecular complexity index is 463. The molecule has 2 heterocycles. The molecule has 104 valence electrons. The van der Waals surface area contributed by atoms with Crippen LogP contribution in [0.15, 0.2) is 18.3 Å². The summed E-state index contributed by atoms with van der Waals surface area (Å²) in [5.41, 5.74) is 2.92. The van der Waals surface area contributed by atoms with Crippen LogP contribution in [-0.2, 0) is 11.3 Å². The zero-order valence-electron chi connectivity index (χ0n) is 10.9. The number of aromatic nitrogens is 1. The number of carbonyl (C=O) groups excluding carboxylic acids is 1. The van der Waals surface area contributed by atoms with E-state index >= 15 is 0 Å². The van der Waals surface area contributed by atoms with Crippen LogP contribution in [0.4, 0.5) is 0 Å². The fourth-order valence-corrected chi connectivity index (χ4v) is 2.03. The molecule has 1 saturated heterocycles. The molecule has 1 aromatic heterocycles. The molecule has 0 aliphatic carbocycles. The van der Waals surface area contributed by atoms with Crippen molar-refractivity contribution in [1.29, 1.82) is 0 Å². The van der Waals surface area contributed by atoms with Crippen LogP contribution in [0.25, 0.3) is 0 Å². The highest BCUT2D eigenvalue weighted by Gasteiger charge is 2.17. The minimum absolute atomic E-state index is 0.0149. The molecular formula is C12H18N4O3. The van der Waals surface area contributed by atoms with Crippen LogP contribution in [0.2, 0.25) is 0 Å². The van der Waals surface area contributed by atoms with Crippen LogP contribution < -0.4 is 5.43 Å². The van der Waals surface area contributed by atoms with Crippen LogP contribution in [0.1, 0.15) is 10.5 Å². The third-order valence-electron chi connectivity index (χ3n) is 3.15. The first-order valence-electron chi connectivity index (χ1n) is 6.17. The molecular weight excluding hydrogens is 248 g/mol. The van der Waals surface area contributed by atoms with Crippen molar-refractivity contribution in [3.8, 4) is 0 Å². The van der Waals surface area contributed by atoms with Gasteiger partial charge in [0.05, 0.1) is 0 Å². The second-order valence-electron chi connectivity index (χ2n) is 4.65. The van der Waals surface area contributed by atoms with Crippen LogP contribution in [0, 0.1) is 0 Å². The second kappa shape index (κ2) is 5.85. The number of rotatable bonds is 4. The summed E-state index contributed by atoms with van der Waals surface area (Å²) in [4.78, 5) is 25.0. The number of carboxylic acid groups (broad SMARTS) is 1. The number of hydrazine groups is 1. The van der Waals surface area contributed by atoms with E-state index in [1.54, 1.807) is 12.3 Å². The largest absolute Gasteiger partial charge is 0.477 e. The first kappa shape index (κ1) is 13.6. The summed E-state index contributed by atoms with van der Waals surface area (Å²) >= 11 is 0. The van der Waals surface area contributed by atoms with Gasteiger partial charge in [0.15, 0.2) is 0 Å². The van der Waals surface area contributed by atoms with Gasteiger partial charge in [0, 0.05) is 32.4 Å². The fraction of sp³-hybridized carbons (Fsp3) is 0.500. The van der Waals surface area contributed by atoms with Gasteiger partial charge >= 0.3 is 5.97 Å². The maximum atomic E-state index is 11.9. The van der Waals surface area contributed by atoms with E-state index in [2.05, 4.69) is 10.3 Å². The molecule has 7 nitrogen and oxygen atoms in total. The molecule has 0 unspecified atom stereocenters. The lowest BCUT2D eigenvalue weighted by Gasteiger charge is -2.32.